The number of hydrogen-bond acceptors (Lipinski definition) is 3. The van der Waals surface area contributed by atoms with Crippen LogP contribution in [0.1, 0.15) is 59.8 Å². The molecule has 0 fully saturated rings. The first-order chi connectivity index (χ1) is 11.8. The summed E-state index contributed by atoms with van der Waals surface area (Å²) in [7, 11) is 1.61. The Bertz CT molecular complexity index is 562. The Morgan fingerprint density at radius 1 is 1.44 bits per heavy atom. The van der Waals surface area contributed by atoms with Gasteiger partial charge >= 0.3 is 0 Å². The zero-order valence-electron chi connectivity index (χ0n) is 16.5. The molecule has 3 atom stereocenters. The van der Waals surface area contributed by atoms with Crippen molar-refractivity contribution in [3.63, 3.8) is 0 Å². The van der Waals surface area contributed by atoms with Crippen molar-refractivity contribution in [2.45, 2.75) is 71.5 Å². The number of aliphatic hydroxyl groups excluding tert-OH is 1. The number of methoxy groups -OCH3 is 1. The minimum absolute atomic E-state index is 0.222. The first-order valence-electron chi connectivity index (χ1n) is 9.08. The Morgan fingerprint density at radius 2 is 2.16 bits per heavy atom. The van der Waals surface area contributed by atoms with Crippen molar-refractivity contribution >= 4 is 0 Å². The van der Waals surface area contributed by atoms with Crippen molar-refractivity contribution in [1.82, 2.24) is 0 Å². The first kappa shape index (κ1) is 21.7. The van der Waals surface area contributed by atoms with Gasteiger partial charge in [-0.05, 0) is 77.4 Å². The summed E-state index contributed by atoms with van der Waals surface area (Å²) < 4.78 is 10.8. The van der Waals surface area contributed by atoms with Gasteiger partial charge in [-0.1, -0.05) is 35.6 Å². The fourth-order valence-electron chi connectivity index (χ4n) is 2.88. The average Bonchev–Trinajstić information content (AvgIpc) is 2.55. The van der Waals surface area contributed by atoms with Gasteiger partial charge in [0.05, 0.1) is 6.10 Å². The molecule has 0 saturated carbocycles. The predicted octanol–water partition coefficient (Wildman–Crippen LogP) is 4.78. The second kappa shape index (κ2) is 10.6. The van der Waals surface area contributed by atoms with Crippen molar-refractivity contribution in [3.05, 3.63) is 35.5 Å². The molecule has 0 bridgehead atoms. The number of ether oxygens (including phenoxy) is 2. The maximum absolute atomic E-state index is 10.5. The van der Waals surface area contributed by atoms with Crippen LogP contribution in [-0.2, 0) is 9.47 Å². The summed E-state index contributed by atoms with van der Waals surface area (Å²) in [6, 6.07) is 0. The van der Waals surface area contributed by atoms with Crippen molar-refractivity contribution in [1.29, 1.82) is 0 Å². The summed E-state index contributed by atoms with van der Waals surface area (Å²) in [6.45, 7) is 12.5. The lowest BCUT2D eigenvalue weighted by Crippen LogP contribution is -2.27. The molecule has 0 heterocycles. The molecule has 0 aromatic rings. The van der Waals surface area contributed by atoms with Crippen LogP contribution in [0.25, 0.3) is 0 Å². The van der Waals surface area contributed by atoms with E-state index in [4.69, 9.17) is 9.47 Å². The minimum Gasteiger partial charge on any atom is -0.389 e. The van der Waals surface area contributed by atoms with Gasteiger partial charge in [0.1, 0.15) is 12.4 Å². The summed E-state index contributed by atoms with van der Waals surface area (Å²) in [4.78, 5) is 0. The summed E-state index contributed by atoms with van der Waals surface area (Å²) in [5.74, 6) is 6.60. The van der Waals surface area contributed by atoms with Crippen LogP contribution in [0.2, 0.25) is 0 Å². The molecule has 0 aromatic carbocycles. The highest BCUT2D eigenvalue weighted by atomic mass is 16.7. The lowest BCUT2D eigenvalue weighted by molar-refractivity contribution is -0.0979. The maximum atomic E-state index is 10.5. The van der Waals surface area contributed by atoms with Crippen LogP contribution in [0, 0.1) is 17.8 Å². The molecule has 0 spiro atoms. The van der Waals surface area contributed by atoms with Gasteiger partial charge in [0.2, 0.25) is 0 Å². The quantitative estimate of drug-likeness (QED) is 0.452. The lowest BCUT2D eigenvalue weighted by Gasteiger charge is -2.24. The minimum atomic E-state index is -0.557. The zero-order valence-corrected chi connectivity index (χ0v) is 16.5. The molecule has 1 aliphatic carbocycles. The Labute approximate surface area is 153 Å². The standard InChI is InChI=1S/C22H34O3/c1-17(2)20-12-11-18(3)9-7-13-22(5,25-16-24-6)14-8-10-19(4)21(23)15-20/h9-10,20-21,23H,1,7,11-13,15-16H2,2-6H3/b18-9+,19-10-. The number of allylic oxidation sites excluding steroid dienone is 4. The maximum Gasteiger partial charge on any atom is 0.148 e. The molecule has 0 amide bonds. The average molecular weight is 347 g/mol. The largest absolute Gasteiger partial charge is 0.389 e. The van der Waals surface area contributed by atoms with Gasteiger partial charge in [-0.25, -0.2) is 0 Å². The van der Waals surface area contributed by atoms with E-state index in [9.17, 15) is 5.11 Å². The van der Waals surface area contributed by atoms with E-state index >= 15 is 0 Å². The molecule has 3 nitrogen and oxygen atoms in total. The van der Waals surface area contributed by atoms with Gasteiger partial charge in [0.25, 0.3) is 0 Å². The highest BCUT2D eigenvalue weighted by Gasteiger charge is 2.22. The summed E-state index contributed by atoms with van der Waals surface area (Å²) in [5.41, 5.74) is 2.83. The molecule has 25 heavy (non-hydrogen) atoms. The summed E-state index contributed by atoms with van der Waals surface area (Å²) in [5, 5.41) is 10.5. The van der Waals surface area contributed by atoms with E-state index in [0.29, 0.717) is 12.3 Å². The molecule has 0 aliphatic heterocycles. The van der Waals surface area contributed by atoms with Crippen molar-refractivity contribution in [2.24, 2.45) is 5.92 Å². The predicted molar refractivity (Wildman–Crippen MR) is 104 cm³/mol. The molecule has 1 aliphatic rings. The highest BCUT2D eigenvalue weighted by molar-refractivity contribution is 5.27. The Kier molecular flexibility index (Phi) is 9.21. The Balaban J connectivity index is 3.06. The van der Waals surface area contributed by atoms with E-state index in [0.717, 1.165) is 36.8 Å². The third-order valence-corrected chi connectivity index (χ3v) is 4.86. The normalized spacial score (nSPS) is 33.0. The molecule has 3 unspecified atom stereocenters. The fraction of sp³-hybridized carbons (Fsp3) is 0.636. The van der Waals surface area contributed by atoms with Crippen molar-refractivity contribution in [3.8, 4) is 11.8 Å². The molecular formula is C22H34O3. The molecule has 0 radical (unpaired) electrons. The van der Waals surface area contributed by atoms with E-state index in [1.54, 1.807) is 13.2 Å². The number of rotatable bonds is 4. The SMILES string of the molecule is C=C(C)C1CC/C(C)=C/CCC(C)(OCOC)C#C/C=C(/C)C(O)C1. The van der Waals surface area contributed by atoms with Crippen LogP contribution in [0.15, 0.2) is 35.5 Å². The Morgan fingerprint density at radius 3 is 2.80 bits per heavy atom. The van der Waals surface area contributed by atoms with Gasteiger partial charge in [-0.15, -0.1) is 0 Å². The highest BCUT2D eigenvalue weighted by Crippen LogP contribution is 2.26. The van der Waals surface area contributed by atoms with Gasteiger partial charge < -0.3 is 14.6 Å². The monoisotopic (exact) mass is 346 g/mol. The van der Waals surface area contributed by atoms with Crippen LogP contribution in [0.3, 0.4) is 0 Å². The van der Waals surface area contributed by atoms with E-state index < -0.39 is 11.7 Å². The van der Waals surface area contributed by atoms with E-state index in [2.05, 4.69) is 38.3 Å². The summed E-state index contributed by atoms with van der Waals surface area (Å²) >= 11 is 0. The molecular weight excluding hydrogens is 312 g/mol. The number of hydrogen-bond donors (Lipinski definition) is 1. The van der Waals surface area contributed by atoms with Crippen LogP contribution in [0.5, 0.6) is 0 Å². The number of aliphatic hydroxyl groups is 1. The fourth-order valence-corrected chi connectivity index (χ4v) is 2.88. The van der Waals surface area contributed by atoms with E-state index in [1.807, 2.05) is 13.8 Å². The van der Waals surface area contributed by atoms with Gasteiger partial charge in [0, 0.05) is 7.11 Å². The third kappa shape index (κ3) is 8.05. The van der Waals surface area contributed by atoms with Crippen molar-refractivity contribution in [2.75, 3.05) is 13.9 Å². The molecule has 140 valence electrons. The van der Waals surface area contributed by atoms with Gasteiger partial charge in [-0.2, -0.15) is 0 Å². The van der Waals surface area contributed by atoms with Crippen LogP contribution >= 0.6 is 0 Å². The zero-order chi connectivity index (χ0) is 18.9. The van der Waals surface area contributed by atoms with E-state index in [-0.39, 0.29) is 6.79 Å². The third-order valence-electron chi connectivity index (χ3n) is 4.86. The molecule has 3 heteroatoms. The molecule has 0 saturated heterocycles. The molecule has 1 rings (SSSR count). The van der Waals surface area contributed by atoms with Crippen LogP contribution in [0.4, 0.5) is 0 Å². The second-order valence-electron chi connectivity index (χ2n) is 7.36. The van der Waals surface area contributed by atoms with Crippen LogP contribution < -0.4 is 0 Å². The smallest absolute Gasteiger partial charge is 0.148 e. The van der Waals surface area contributed by atoms with Gasteiger partial charge in [0.15, 0.2) is 0 Å². The second-order valence-corrected chi connectivity index (χ2v) is 7.36. The first-order valence-corrected chi connectivity index (χ1v) is 9.08. The topological polar surface area (TPSA) is 38.7 Å². The molecule has 0 aromatic heterocycles. The van der Waals surface area contributed by atoms with Crippen LogP contribution in [-0.4, -0.2) is 30.7 Å². The Hall–Kier alpha value is -1.34. The van der Waals surface area contributed by atoms with Gasteiger partial charge in [-0.3, -0.25) is 0 Å². The van der Waals surface area contributed by atoms with E-state index in [1.165, 1.54) is 5.57 Å². The lowest BCUT2D eigenvalue weighted by atomic mass is 9.87. The summed E-state index contributed by atoms with van der Waals surface area (Å²) in [6.07, 6.45) is 8.05. The molecule has 1 N–H and O–H groups in total. The van der Waals surface area contributed by atoms with Crippen molar-refractivity contribution < 1.29 is 14.6 Å².